The van der Waals surface area contributed by atoms with E-state index in [0.29, 0.717) is 25.9 Å². The number of hydrogen-bond donors (Lipinski definition) is 2. The van der Waals surface area contributed by atoms with E-state index in [2.05, 4.69) is 5.32 Å². The van der Waals surface area contributed by atoms with Gasteiger partial charge in [-0.25, -0.2) is 0 Å². The predicted molar refractivity (Wildman–Crippen MR) is 58.1 cm³/mol. The van der Waals surface area contributed by atoms with E-state index in [1.807, 2.05) is 0 Å². The Morgan fingerprint density at radius 2 is 1.81 bits per heavy atom. The van der Waals surface area contributed by atoms with Gasteiger partial charge in [-0.1, -0.05) is 12.8 Å². The lowest BCUT2D eigenvalue weighted by atomic mass is 9.84. The molecule has 0 bridgehead atoms. The number of hydrogen-bond acceptors (Lipinski definition) is 2. The van der Waals surface area contributed by atoms with Crippen LogP contribution in [0.15, 0.2) is 0 Å². The predicted octanol–water partition coefficient (Wildman–Crippen LogP) is 2.44. The molecule has 0 heterocycles. The second-order valence-corrected chi connectivity index (χ2v) is 4.49. The van der Waals surface area contributed by atoms with E-state index in [0.717, 1.165) is 19.3 Å². The molecule has 0 spiro atoms. The van der Waals surface area contributed by atoms with Crippen LogP contribution >= 0.6 is 0 Å². The van der Waals surface area contributed by atoms with E-state index >= 15 is 0 Å². The number of unbranched alkanes of at least 4 members (excludes halogenated alkanes) is 1. The van der Waals surface area contributed by atoms with Crippen LogP contribution in [-0.2, 0) is 0 Å². The normalized spacial score (nSPS) is 27.0. The van der Waals surface area contributed by atoms with Crippen LogP contribution in [-0.4, -0.2) is 25.3 Å². The third-order valence-corrected chi connectivity index (χ3v) is 3.22. The van der Waals surface area contributed by atoms with E-state index in [9.17, 15) is 13.2 Å². The molecule has 2 nitrogen and oxygen atoms in total. The highest BCUT2D eigenvalue weighted by atomic mass is 19.4. The first-order valence-electron chi connectivity index (χ1n) is 6.06. The summed E-state index contributed by atoms with van der Waals surface area (Å²) in [5, 5.41) is 3.04. The van der Waals surface area contributed by atoms with Gasteiger partial charge < -0.3 is 11.1 Å². The molecule has 1 aliphatic carbocycles. The lowest BCUT2D eigenvalue weighted by Crippen LogP contribution is -2.45. The fraction of sp³-hybridized carbons (Fsp3) is 1.00. The third kappa shape index (κ3) is 4.29. The summed E-state index contributed by atoms with van der Waals surface area (Å²) in [5.41, 5.74) is 5.34. The van der Waals surface area contributed by atoms with Crippen LogP contribution in [0.1, 0.15) is 38.5 Å². The van der Waals surface area contributed by atoms with Gasteiger partial charge in [0, 0.05) is 6.04 Å². The molecule has 2 atom stereocenters. The minimum absolute atomic E-state index is 0.276. The lowest BCUT2D eigenvalue weighted by molar-refractivity contribution is -0.188. The number of halogens is 3. The monoisotopic (exact) mass is 238 g/mol. The molecule has 0 aromatic carbocycles. The summed E-state index contributed by atoms with van der Waals surface area (Å²) in [7, 11) is 0. The Bertz CT molecular complexity index is 194. The van der Waals surface area contributed by atoms with Gasteiger partial charge in [0.15, 0.2) is 0 Å². The minimum Gasteiger partial charge on any atom is -0.330 e. The molecule has 96 valence electrons. The molecule has 0 aliphatic heterocycles. The molecular formula is C11H21F3N2. The summed E-state index contributed by atoms with van der Waals surface area (Å²) in [6.45, 7) is 1.25. The summed E-state index contributed by atoms with van der Waals surface area (Å²) in [6.07, 6.45) is 0.205. The van der Waals surface area contributed by atoms with E-state index in [1.54, 1.807) is 0 Å². The molecule has 0 saturated heterocycles. The largest absolute Gasteiger partial charge is 0.393 e. The van der Waals surface area contributed by atoms with Crippen molar-refractivity contribution in [3.05, 3.63) is 0 Å². The lowest BCUT2D eigenvalue weighted by Gasteiger charge is -2.33. The Kier molecular flexibility index (Phi) is 5.55. The van der Waals surface area contributed by atoms with E-state index < -0.39 is 12.1 Å². The number of nitrogens with two attached hydrogens (primary N) is 1. The Hall–Kier alpha value is -0.290. The molecule has 1 aliphatic rings. The Balaban J connectivity index is 2.35. The van der Waals surface area contributed by atoms with Gasteiger partial charge in [0.25, 0.3) is 0 Å². The van der Waals surface area contributed by atoms with Crippen LogP contribution in [0.4, 0.5) is 13.2 Å². The smallest absolute Gasteiger partial charge is 0.330 e. The average Bonchev–Trinajstić information content (AvgIpc) is 2.24. The topological polar surface area (TPSA) is 38.0 Å². The second-order valence-electron chi connectivity index (χ2n) is 4.49. The van der Waals surface area contributed by atoms with Crippen molar-refractivity contribution in [2.75, 3.05) is 13.1 Å². The van der Waals surface area contributed by atoms with Crippen molar-refractivity contribution in [3.63, 3.8) is 0 Å². The summed E-state index contributed by atoms with van der Waals surface area (Å²) in [4.78, 5) is 0. The summed E-state index contributed by atoms with van der Waals surface area (Å²) >= 11 is 0. The first-order valence-corrected chi connectivity index (χ1v) is 6.06. The fourth-order valence-corrected chi connectivity index (χ4v) is 2.32. The highest BCUT2D eigenvalue weighted by molar-refractivity contribution is 4.85. The first kappa shape index (κ1) is 13.8. The molecule has 0 radical (unpaired) electrons. The highest BCUT2D eigenvalue weighted by Crippen LogP contribution is 2.37. The van der Waals surface area contributed by atoms with Gasteiger partial charge in [-0.2, -0.15) is 13.2 Å². The summed E-state index contributed by atoms with van der Waals surface area (Å²) in [5.74, 6) is -1.15. The maximum absolute atomic E-state index is 12.7. The van der Waals surface area contributed by atoms with Gasteiger partial charge in [-0.3, -0.25) is 0 Å². The van der Waals surface area contributed by atoms with Crippen LogP contribution in [0.2, 0.25) is 0 Å². The molecular weight excluding hydrogens is 217 g/mol. The number of alkyl halides is 3. The summed E-state index contributed by atoms with van der Waals surface area (Å²) < 4.78 is 38.1. The molecule has 5 heteroatoms. The third-order valence-electron chi connectivity index (χ3n) is 3.22. The number of rotatable bonds is 5. The molecule has 1 rings (SSSR count). The van der Waals surface area contributed by atoms with Crippen molar-refractivity contribution in [1.29, 1.82) is 0 Å². The van der Waals surface area contributed by atoms with Gasteiger partial charge in [0.05, 0.1) is 5.92 Å². The van der Waals surface area contributed by atoms with Gasteiger partial charge >= 0.3 is 6.18 Å². The first-order chi connectivity index (χ1) is 7.55. The fourth-order valence-electron chi connectivity index (χ4n) is 2.32. The molecule has 0 aromatic heterocycles. The zero-order chi connectivity index (χ0) is 12.0. The van der Waals surface area contributed by atoms with Crippen LogP contribution in [0, 0.1) is 5.92 Å². The van der Waals surface area contributed by atoms with Crippen LogP contribution in [0.25, 0.3) is 0 Å². The van der Waals surface area contributed by atoms with Crippen molar-refractivity contribution in [2.45, 2.75) is 50.7 Å². The van der Waals surface area contributed by atoms with Crippen molar-refractivity contribution in [3.8, 4) is 0 Å². The molecule has 0 aromatic rings. The molecule has 0 amide bonds. The molecule has 2 unspecified atom stereocenters. The van der Waals surface area contributed by atoms with Crippen molar-refractivity contribution in [2.24, 2.45) is 11.7 Å². The van der Waals surface area contributed by atoms with Crippen LogP contribution < -0.4 is 11.1 Å². The van der Waals surface area contributed by atoms with Crippen molar-refractivity contribution in [1.82, 2.24) is 5.32 Å². The zero-order valence-electron chi connectivity index (χ0n) is 9.52. The van der Waals surface area contributed by atoms with E-state index in [-0.39, 0.29) is 12.5 Å². The average molecular weight is 238 g/mol. The van der Waals surface area contributed by atoms with E-state index in [1.165, 1.54) is 0 Å². The summed E-state index contributed by atoms with van der Waals surface area (Å²) in [6, 6.07) is -0.383. The quantitative estimate of drug-likeness (QED) is 0.722. The molecule has 3 N–H and O–H groups in total. The van der Waals surface area contributed by atoms with Gasteiger partial charge in [0.2, 0.25) is 0 Å². The van der Waals surface area contributed by atoms with Gasteiger partial charge in [-0.15, -0.1) is 0 Å². The van der Waals surface area contributed by atoms with Crippen LogP contribution in [0.5, 0.6) is 0 Å². The molecule has 16 heavy (non-hydrogen) atoms. The number of nitrogens with one attached hydrogen (secondary N) is 1. The zero-order valence-corrected chi connectivity index (χ0v) is 9.52. The standard InChI is InChI=1S/C11H21F3N2/c12-11(13,14)9-5-1-2-6-10(9)16-8-4-3-7-15/h9-10,16H,1-8,15H2. The maximum Gasteiger partial charge on any atom is 0.393 e. The van der Waals surface area contributed by atoms with Crippen LogP contribution in [0.3, 0.4) is 0 Å². The van der Waals surface area contributed by atoms with E-state index in [4.69, 9.17) is 5.73 Å². The Labute approximate surface area is 94.8 Å². The highest BCUT2D eigenvalue weighted by Gasteiger charge is 2.45. The van der Waals surface area contributed by atoms with Gasteiger partial charge in [-0.05, 0) is 38.8 Å². The SMILES string of the molecule is NCCCCNC1CCCCC1C(F)(F)F. The van der Waals surface area contributed by atoms with Crippen molar-refractivity contribution < 1.29 is 13.2 Å². The Morgan fingerprint density at radius 1 is 1.12 bits per heavy atom. The Morgan fingerprint density at radius 3 is 2.44 bits per heavy atom. The molecule has 1 fully saturated rings. The second kappa shape index (κ2) is 6.45. The van der Waals surface area contributed by atoms with Gasteiger partial charge in [0.1, 0.15) is 0 Å². The molecule has 1 saturated carbocycles. The maximum atomic E-state index is 12.7. The minimum atomic E-state index is -4.05. The van der Waals surface area contributed by atoms with Crippen molar-refractivity contribution >= 4 is 0 Å².